The minimum absolute atomic E-state index is 0.690. The normalized spacial score (nSPS) is 11.0. The molecule has 2 heterocycles. The van der Waals surface area contributed by atoms with E-state index in [1.807, 2.05) is 53.9 Å². The fourth-order valence-corrected chi connectivity index (χ4v) is 2.30. The van der Waals surface area contributed by atoms with E-state index >= 15 is 0 Å². The summed E-state index contributed by atoms with van der Waals surface area (Å²) in [5.74, 6) is 0.889. The average molecular weight is 281 g/mol. The standard InChI is InChI=1S/C17H19N3O/c1-3-10-21-14-7-5-13(6-8-14)16-11-20-12(2)4-9-15(18)17(20)19-16/h4-9,11H,3,10,18H2,1-2H3. The molecule has 0 fully saturated rings. The van der Waals surface area contributed by atoms with Crippen LogP contribution in [0, 0.1) is 6.92 Å². The number of rotatable bonds is 4. The van der Waals surface area contributed by atoms with E-state index in [1.165, 1.54) is 0 Å². The molecule has 0 bridgehead atoms. The Bertz CT molecular complexity index is 721. The zero-order chi connectivity index (χ0) is 14.8. The number of nitrogen functional groups attached to an aromatic ring is 1. The maximum atomic E-state index is 5.99. The molecule has 0 saturated heterocycles. The number of nitrogens with zero attached hydrogens (tertiary/aromatic N) is 2. The second-order valence-corrected chi connectivity index (χ2v) is 5.12. The highest BCUT2D eigenvalue weighted by atomic mass is 16.5. The number of hydrogen-bond acceptors (Lipinski definition) is 3. The van der Waals surface area contributed by atoms with Gasteiger partial charge in [0, 0.05) is 17.5 Å². The third-order valence-corrected chi connectivity index (χ3v) is 3.47. The number of anilines is 1. The Morgan fingerprint density at radius 1 is 1.14 bits per heavy atom. The highest BCUT2D eigenvalue weighted by Crippen LogP contribution is 2.25. The summed E-state index contributed by atoms with van der Waals surface area (Å²) in [6.45, 7) is 4.88. The van der Waals surface area contributed by atoms with Gasteiger partial charge in [0.1, 0.15) is 5.75 Å². The lowest BCUT2D eigenvalue weighted by Gasteiger charge is -2.04. The van der Waals surface area contributed by atoms with E-state index in [1.54, 1.807) is 0 Å². The van der Waals surface area contributed by atoms with E-state index in [4.69, 9.17) is 10.5 Å². The summed E-state index contributed by atoms with van der Waals surface area (Å²) in [6, 6.07) is 11.9. The summed E-state index contributed by atoms with van der Waals surface area (Å²) in [4.78, 5) is 4.63. The van der Waals surface area contributed by atoms with Crippen LogP contribution in [0.2, 0.25) is 0 Å². The first-order valence-corrected chi connectivity index (χ1v) is 7.16. The first-order chi connectivity index (χ1) is 10.2. The number of hydrogen-bond donors (Lipinski definition) is 1. The average Bonchev–Trinajstić information content (AvgIpc) is 2.96. The molecule has 0 radical (unpaired) electrons. The van der Waals surface area contributed by atoms with Gasteiger partial charge < -0.3 is 14.9 Å². The third-order valence-electron chi connectivity index (χ3n) is 3.47. The second-order valence-electron chi connectivity index (χ2n) is 5.12. The van der Waals surface area contributed by atoms with Crippen molar-refractivity contribution in [3.63, 3.8) is 0 Å². The molecule has 3 rings (SSSR count). The number of aromatic nitrogens is 2. The molecule has 0 aliphatic carbocycles. The van der Waals surface area contributed by atoms with Crippen molar-refractivity contribution in [3.05, 3.63) is 48.3 Å². The van der Waals surface area contributed by atoms with Crippen LogP contribution in [-0.4, -0.2) is 16.0 Å². The van der Waals surface area contributed by atoms with Crippen molar-refractivity contribution >= 4 is 11.3 Å². The highest BCUT2D eigenvalue weighted by Gasteiger charge is 2.08. The first-order valence-electron chi connectivity index (χ1n) is 7.16. The zero-order valence-electron chi connectivity index (χ0n) is 12.3. The number of aryl methyl sites for hydroxylation is 1. The number of fused-ring (bicyclic) bond motifs is 1. The Morgan fingerprint density at radius 2 is 1.90 bits per heavy atom. The molecular weight excluding hydrogens is 262 g/mol. The van der Waals surface area contributed by atoms with Crippen LogP contribution in [0.5, 0.6) is 5.75 Å². The molecule has 0 atom stereocenters. The van der Waals surface area contributed by atoms with Gasteiger partial charge in [-0.25, -0.2) is 4.98 Å². The summed E-state index contributed by atoms with van der Waals surface area (Å²) < 4.78 is 7.62. The van der Waals surface area contributed by atoms with Crippen molar-refractivity contribution in [1.82, 2.24) is 9.38 Å². The SMILES string of the molecule is CCCOc1ccc(-c2cn3c(C)ccc(N)c3n2)cc1. The predicted molar refractivity (Wildman–Crippen MR) is 85.6 cm³/mol. The van der Waals surface area contributed by atoms with Crippen LogP contribution in [0.1, 0.15) is 19.0 Å². The van der Waals surface area contributed by atoms with E-state index in [-0.39, 0.29) is 0 Å². The number of imidazole rings is 1. The van der Waals surface area contributed by atoms with Crippen molar-refractivity contribution < 1.29 is 4.74 Å². The number of nitrogens with two attached hydrogens (primary N) is 1. The fraction of sp³-hybridized carbons (Fsp3) is 0.235. The lowest BCUT2D eigenvalue weighted by atomic mass is 10.2. The maximum Gasteiger partial charge on any atom is 0.160 e. The summed E-state index contributed by atoms with van der Waals surface area (Å²) in [7, 11) is 0. The van der Waals surface area contributed by atoms with Gasteiger partial charge in [0.2, 0.25) is 0 Å². The van der Waals surface area contributed by atoms with E-state index < -0.39 is 0 Å². The van der Waals surface area contributed by atoms with Crippen LogP contribution in [0.25, 0.3) is 16.9 Å². The van der Waals surface area contributed by atoms with E-state index in [0.29, 0.717) is 5.69 Å². The lowest BCUT2D eigenvalue weighted by molar-refractivity contribution is 0.317. The molecule has 0 aliphatic rings. The Balaban J connectivity index is 1.97. The molecular formula is C17H19N3O. The number of pyridine rings is 1. The fourth-order valence-electron chi connectivity index (χ4n) is 2.30. The quantitative estimate of drug-likeness (QED) is 0.793. The molecule has 4 heteroatoms. The third kappa shape index (κ3) is 2.57. The Hall–Kier alpha value is -2.49. The molecule has 0 unspecified atom stereocenters. The van der Waals surface area contributed by atoms with E-state index in [9.17, 15) is 0 Å². The van der Waals surface area contributed by atoms with Crippen molar-refractivity contribution in [3.8, 4) is 17.0 Å². The van der Waals surface area contributed by atoms with Gasteiger partial charge in [-0.15, -0.1) is 0 Å². The van der Waals surface area contributed by atoms with E-state index in [0.717, 1.165) is 41.4 Å². The summed E-state index contributed by atoms with van der Waals surface area (Å²) in [5, 5.41) is 0. The highest BCUT2D eigenvalue weighted by molar-refractivity contribution is 5.71. The molecule has 21 heavy (non-hydrogen) atoms. The molecule has 2 N–H and O–H groups in total. The number of benzene rings is 1. The van der Waals surface area contributed by atoms with Gasteiger partial charge in [-0.3, -0.25) is 0 Å². The largest absolute Gasteiger partial charge is 0.494 e. The second kappa shape index (κ2) is 5.48. The Kier molecular flexibility index (Phi) is 3.52. The first kappa shape index (κ1) is 13.5. The summed E-state index contributed by atoms with van der Waals surface area (Å²) in [6.07, 6.45) is 3.02. The van der Waals surface area contributed by atoms with Crippen LogP contribution in [0.4, 0.5) is 5.69 Å². The smallest absolute Gasteiger partial charge is 0.160 e. The van der Waals surface area contributed by atoms with Gasteiger partial charge in [0.25, 0.3) is 0 Å². The monoisotopic (exact) mass is 281 g/mol. The summed E-state index contributed by atoms with van der Waals surface area (Å²) in [5.41, 5.74) is 10.6. The minimum Gasteiger partial charge on any atom is -0.494 e. The molecule has 2 aromatic heterocycles. The predicted octanol–water partition coefficient (Wildman–Crippen LogP) is 3.68. The van der Waals surface area contributed by atoms with Crippen LogP contribution >= 0.6 is 0 Å². The number of ether oxygens (including phenoxy) is 1. The van der Waals surface area contributed by atoms with Crippen molar-refractivity contribution in [2.75, 3.05) is 12.3 Å². The van der Waals surface area contributed by atoms with Crippen LogP contribution < -0.4 is 10.5 Å². The molecule has 3 aromatic rings. The van der Waals surface area contributed by atoms with Crippen molar-refractivity contribution in [2.24, 2.45) is 0 Å². The Labute approximate surface area is 124 Å². The van der Waals surface area contributed by atoms with Crippen molar-refractivity contribution in [2.45, 2.75) is 20.3 Å². The van der Waals surface area contributed by atoms with Crippen LogP contribution in [-0.2, 0) is 0 Å². The van der Waals surface area contributed by atoms with Gasteiger partial charge in [-0.2, -0.15) is 0 Å². The summed E-state index contributed by atoms with van der Waals surface area (Å²) >= 11 is 0. The zero-order valence-corrected chi connectivity index (χ0v) is 12.3. The molecule has 0 aliphatic heterocycles. The molecule has 108 valence electrons. The molecule has 0 spiro atoms. The Morgan fingerprint density at radius 3 is 2.57 bits per heavy atom. The molecule has 4 nitrogen and oxygen atoms in total. The van der Waals surface area contributed by atoms with Crippen LogP contribution in [0.3, 0.4) is 0 Å². The minimum atomic E-state index is 0.690. The maximum absolute atomic E-state index is 5.99. The van der Waals surface area contributed by atoms with E-state index in [2.05, 4.69) is 11.9 Å². The molecule has 0 saturated carbocycles. The van der Waals surface area contributed by atoms with Gasteiger partial charge in [-0.05, 0) is 49.7 Å². The lowest BCUT2D eigenvalue weighted by Crippen LogP contribution is -1.94. The van der Waals surface area contributed by atoms with Crippen LogP contribution in [0.15, 0.2) is 42.6 Å². The van der Waals surface area contributed by atoms with Gasteiger partial charge in [0.05, 0.1) is 18.0 Å². The van der Waals surface area contributed by atoms with Gasteiger partial charge >= 0.3 is 0 Å². The molecule has 0 amide bonds. The topological polar surface area (TPSA) is 52.5 Å². The van der Waals surface area contributed by atoms with Gasteiger partial charge in [-0.1, -0.05) is 6.92 Å². The molecule has 1 aromatic carbocycles. The van der Waals surface area contributed by atoms with Crippen molar-refractivity contribution in [1.29, 1.82) is 0 Å². The van der Waals surface area contributed by atoms with Gasteiger partial charge in [0.15, 0.2) is 5.65 Å².